The number of hydrazone groups is 1. The smallest absolute Gasteiger partial charge is 0.250 e. The summed E-state index contributed by atoms with van der Waals surface area (Å²) in [6.07, 6.45) is 1.73. The van der Waals surface area contributed by atoms with Crippen molar-refractivity contribution < 1.29 is 4.79 Å². The van der Waals surface area contributed by atoms with Crippen molar-refractivity contribution in [2.24, 2.45) is 5.10 Å². The molecule has 6 rings (SSSR count). The Morgan fingerprint density at radius 1 is 0.846 bits per heavy atom. The molecule has 0 saturated heterocycles. The molecular formula is C31H22BrN5OS. The molecule has 0 atom stereocenters. The van der Waals surface area contributed by atoms with E-state index in [2.05, 4.69) is 67.0 Å². The number of benzene rings is 5. The van der Waals surface area contributed by atoms with Crippen LogP contribution < -0.4 is 5.43 Å². The summed E-state index contributed by atoms with van der Waals surface area (Å²) < 4.78 is 2.95. The number of carbonyl (C=O) groups is 1. The molecule has 0 aliphatic heterocycles. The maximum Gasteiger partial charge on any atom is 0.250 e. The van der Waals surface area contributed by atoms with E-state index in [0.29, 0.717) is 11.0 Å². The van der Waals surface area contributed by atoms with Gasteiger partial charge in [0.2, 0.25) is 0 Å². The molecule has 0 radical (unpaired) electrons. The van der Waals surface area contributed by atoms with Crippen LogP contribution in [-0.2, 0) is 4.79 Å². The summed E-state index contributed by atoms with van der Waals surface area (Å²) in [6, 6.07) is 36.3. The largest absolute Gasteiger partial charge is 0.272 e. The van der Waals surface area contributed by atoms with Crippen molar-refractivity contribution in [3.63, 3.8) is 0 Å². The van der Waals surface area contributed by atoms with Crippen LogP contribution in [0.25, 0.3) is 38.6 Å². The molecule has 0 spiro atoms. The van der Waals surface area contributed by atoms with E-state index in [4.69, 9.17) is 0 Å². The van der Waals surface area contributed by atoms with Gasteiger partial charge in [0, 0.05) is 21.3 Å². The number of nitrogens with zero attached hydrogens (tertiary/aromatic N) is 4. The number of thioether (sulfide) groups is 1. The van der Waals surface area contributed by atoms with Crippen molar-refractivity contribution in [1.82, 2.24) is 20.2 Å². The molecule has 6 aromatic rings. The van der Waals surface area contributed by atoms with Crippen molar-refractivity contribution in [3.05, 3.63) is 119 Å². The summed E-state index contributed by atoms with van der Waals surface area (Å²) in [6.45, 7) is 0. The predicted molar refractivity (Wildman–Crippen MR) is 162 cm³/mol. The molecule has 8 heteroatoms. The second-order valence-electron chi connectivity index (χ2n) is 8.80. The van der Waals surface area contributed by atoms with E-state index in [1.807, 2.05) is 83.4 Å². The van der Waals surface area contributed by atoms with Crippen LogP contribution in [-0.4, -0.2) is 32.6 Å². The lowest BCUT2D eigenvalue weighted by atomic mass is 9.97. The number of para-hydroxylation sites is 1. The molecule has 0 unspecified atom stereocenters. The molecule has 39 heavy (non-hydrogen) atoms. The topological polar surface area (TPSA) is 72.2 Å². The molecule has 1 N–H and O–H groups in total. The molecule has 1 amide bonds. The van der Waals surface area contributed by atoms with Crippen LogP contribution in [0.3, 0.4) is 0 Å². The van der Waals surface area contributed by atoms with Crippen LogP contribution in [0.4, 0.5) is 0 Å². The minimum absolute atomic E-state index is 0.138. The lowest BCUT2D eigenvalue weighted by Gasteiger charge is -2.10. The van der Waals surface area contributed by atoms with Gasteiger partial charge in [-0.05, 0) is 51.9 Å². The average molecular weight is 593 g/mol. The first-order valence-electron chi connectivity index (χ1n) is 12.3. The maximum absolute atomic E-state index is 12.8. The fraction of sp³-hybridized carbons (Fsp3) is 0.0323. The number of amides is 1. The van der Waals surface area contributed by atoms with Gasteiger partial charge in [-0.2, -0.15) is 5.10 Å². The highest BCUT2D eigenvalue weighted by Gasteiger charge is 2.17. The number of rotatable bonds is 7. The number of fused-ring (bicyclic) bond motifs is 2. The Labute approximate surface area is 237 Å². The first-order chi connectivity index (χ1) is 19.2. The molecule has 0 aliphatic rings. The zero-order valence-corrected chi connectivity index (χ0v) is 23.1. The normalized spacial score (nSPS) is 11.4. The number of hydrogen-bond donors (Lipinski definition) is 1. The summed E-state index contributed by atoms with van der Waals surface area (Å²) in [5.74, 6) is 0.616. The number of carbonyl (C=O) groups excluding carboxylic acids is 1. The van der Waals surface area contributed by atoms with Crippen LogP contribution >= 0.6 is 27.7 Å². The van der Waals surface area contributed by atoms with Gasteiger partial charge in [0.15, 0.2) is 11.0 Å². The van der Waals surface area contributed by atoms with E-state index < -0.39 is 0 Å². The molecule has 0 saturated carbocycles. The van der Waals surface area contributed by atoms with E-state index in [-0.39, 0.29) is 11.7 Å². The summed E-state index contributed by atoms with van der Waals surface area (Å²) in [7, 11) is 0. The summed E-state index contributed by atoms with van der Waals surface area (Å²) in [5.41, 5.74) is 5.50. The fourth-order valence-electron chi connectivity index (χ4n) is 4.48. The van der Waals surface area contributed by atoms with E-state index in [9.17, 15) is 4.79 Å². The van der Waals surface area contributed by atoms with Crippen molar-refractivity contribution in [2.45, 2.75) is 5.16 Å². The van der Waals surface area contributed by atoms with Gasteiger partial charge in [-0.3, -0.25) is 9.36 Å². The minimum atomic E-state index is -0.228. The molecule has 0 aliphatic carbocycles. The Kier molecular flexibility index (Phi) is 7.21. The van der Waals surface area contributed by atoms with Gasteiger partial charge in [0.05, 0.1) is 12.0 Å². The third kappa shape index (κ3) is 5.34. The third-order valence-electron chi connectivity index (χ3n) is 6.28. The standard InChI is InChI=1S/C31H22BrN5OS/c32-24-16-14-21(15-17-24)30-35-36-31(37(30)25-10-2-1-3-11-25)39-20-29(38)34-33-19-28-26-12-6-4-8-22(26)18-23-9-5-7-13-27(23)28/h1-19H,20H2,(H,34,38)/b33-19+. The van der Waals surface area contributed by atoms with Crippen LogP contribution in [0, 0.1) is 0 Å². The number of hydrogen-bond acceptors (Lipinski definition) is 5. The SMILES string of the molecule is O=C(CSc1nnc(-c2ccc(Br)cc2)n1-c1ccccc1)N/N=C/c1c2ccccc2cc2ccccc12. The summed E-state index contributed by atoms with van der Waals surface area (Å²) >= 11 is 4.80. The highest BCUT2D eigenvalue weighted by Crippen LogP contribution is 2.29. The highest BCUT2D eigenvalue weighted by molar-refractivity contribution is 9.10. The number of halogens is 1. The summed E-state index contributed by atoms with van der Waals surface area (Å²) in [4.78, 5) is 12.8. The van der Waals surface area contributed by atoms with Gasteiger partial charge in [0.25, 0.3) is 5.91 Å². The monoisotopic (exact) mass is 591 g/mol. The van der Waals surface area contributed by atoms with E-state index in [1.165, 1.54) is 11.8 Å². The van der Waals surface area contributed by atoms with Gasteiger partial charge >= 0.3 is 0 Å². The Morgan fingerprint density at radius 3 is 2.18 bits per heavy atom. The van der Waals surface area contributed by atoms with Crippen molar-refractivity contribution in [3.8, 4) is 17.1 Å². The lowest BCUT2D eigenvalue weighted by molar-refractivity contribution is -0.118. The molecule has 5 aromatic carbocycles. The molecule has 1 heterocycles. The Morgan fingerprint density at radius 2 is 1.49 bits per heavy atom. The van der Waals surface area contributed by atoms with E-state index in [1.54, 1.807) is 6.21 Å². The van der Waals surface area contributed by atoms with Gasteiger partial charge in [-0.15, -0.1) is 10.2 Å². The van der Waals surface area contributed by atoms with Gasteiger partial charge < -0.3 is 0 Å². The van der Waals surface area contributed by atoms with Crippen molar-refractivity contribution in [1.29, 1.82) is 0 Å². The predicted octanol–water partition coefficient (Wildman–Crippen LogP) is 7.25. The van der Waals surface area contributed by atoms with Crippen molar-refractivity contribution in [2.75, 3.05) is 5.75 Å². The number of nitrogens with one attached hydrogen (secondary N) is 1. The van der Waals surface area contributed by atoms with Crippen LogP contribution in [0.5, 0.6) is 0 Å². The Hall–Kier alpha value is -4.27. The Bertz CT molecular complexity index is 1760. The maximum atomic E-state index is 12.8. The number of aromatic nitrogens is 3. The molecule has 6 nitrogen and oxygen atoms in total. The van der Waals surface area contributed by atoms with Gasteiger partial charge in [-0.25, -0.2) is 5.43 Å². The lowest BCUT2D eigenvalue weighted by Crippen LogP contribution is -2.20. The van der Waals surface area contributed by atoms with Crippen LogP contribution in [0.1, 0.15) is 5.56 Å². The zero-order valence-electron chi connectivity index (χ0n) is 20.7. The minimum Gasteiger partial charge on any atom is -0.272 e. The quantitative estimate of drug-likeness (QED) is 0.0918. The molecular weight excluding hydrogens is 570 g/mol. The first kappa shape index (κ1) is 25.0. The second kappa shape index (κ2) is 11.2. The molecule has 0 bridgehead atoms. The molecule has 0 fully saturated rings. The van der Waals surface area contributed by atoms with Crippen LogP contribution in [0.15, 0.2) is 124 Å². The van der Waals surface area contributed by atoms with E-state index in [0.717, 1.165) is 42.8 Å². The summed E-state index contributed by atoms with van der Waals surface area (Å²) in [5, 5.41) is 18.2. The van der Waals surface area contributed by atoms with Gasteiger partial charge in [-0.1, -0.05) is 107 Å². The second-order valence-corrected chi connectivity index (χ2v) is 10.7. The first-order valence-corrected chi connectivity index (χ1v) is 14.1. The Balaban J connectivity index is 1.22. The van der Waals surface area contributed by atoms with Gasteiger partial charge in [0.1, 0.15) is 0 Å². The molecule has 190 valence electrons. The zero-order chi connectivity index (χ0) is 26.6. The third-order valence-corrected chi connectivity index (χ3v) is 7.74. The van der Waals surface area contributed by atoms with Crippen LogP contribution in [0.2, 0.25) is 0 Å². The molecule has 1 aromatic heterocycles. The fourth-order valence-corrected chi connectivity index (χ4v) is 5.49. The average Bonchev–Trinajstić information content (AvgIpc) is 3.40. The van der Waals surface area contributed by atoms with Crippen molar-refractivity contribution >= 4 is 61.4 Å². The highest BCUT2D eigenvalue weighted by atomic mass is 79.9. The van der Waals surface area contributed by atoms with E-state index >= 15 is 0 Å².